The lowest BCUT2D eigenvalue weighted by Gasteiger charge is -2.13. The van der Waals surface area contributed by atoms with Crippen molar-refractivity contribution < 1.29 is 19.1 Å². The summed E-state index contributed by atoms with van der Waals surface area (Å²) in [5, 5.41) is 5.99. The molecule has 0 bridgehead atoms. The molecule has 0 saturated carbocycles. The van der Waals surface area contributed by atoms with Gasteiger partial charge >= 0.3 is 5.97 Å². The largest absolute Gasteiger partial charge is 0.451 e. The van der Waals surface area contributed by atoms with Crippen LogP contribution >= 0.6 is 11.3 Å². The molecule has 0 fully saturated rings. The van der Waals surface area contributed by atoms with Gasteiger partial charge < -0.3 is 15.4 Å². The summed E-state index contributed by atoms with van der Waals surface area (Å²) in [6.45, 7) is 8.65. The standard InChI is InChI=1S/C19H23N3O4S/c1-10-6-11(2)17(12(3)7-10)22-15(23)8-20-16(24)9-26-19(25)18-13(4)21-14(5)27-18/h6-7H,8-9H2,1-5H3,(H,20,24)(H,22,23). The van der Waals surface area contributed by atoms with Crippen molar-refractivity contribution >= 4 is 34.8 Å². The number of nitrogens with one attached hydrogen (secondary N) is 2. The molecule has 0 unspecified atom stereocenters. The number of anilines is 1. The molecule has 27 heavy (non-hydrogen) atoms. The molecule has 2 aromatic rings. The number of carbonyl (C=O) groups excluding carboxylic acids is 3. The lowest BCUT2D eigenvalue weighted by molar-refractivity contribution is -0.126. The van der Waals surface area contributed by atoms with E-state index in [4.69, 9.17) is 4.74 Å². The SMILES string of the molecule is Cc1cc(C)c(NC(=O)CNC(=O)COC(=O)c2sc(C)nc2C)c(C)c1. The van der Waals surface area contributed by atoms with E-state index in [1.807, 2.05) is 32.9 Å². The first-order valence-electron chi connectivity index (χ1n) is 8.43. The molecule has 0 aliphatic carbocycles. The summed E-state index contributed by atoms with van der Waals surface area (Å²) in [7, 11) is 0. The highest BCUT2D eigenvalue weighted by atomic mass is 32.1. The molecule has 0 radical (unpaired) electrons. The Labute approximate surface area is 162 Å². The Morgan fingerprint density at radius 3 is 2.22 bits per heavy atom. The molecule has 2 amide bonds. The van der Waals surface area contributed by atoms with Gasteiger partial charge in [-0.3, -0.25) is 9.59 Å². The van der Waals surface area contributed by atoms with E-state index in [0.717, 1.165) is 27.4 Å². The number of benzene rings is 1. The van der Waals surface area contributed by atoms with Crippen LogP contribution in [0.15, 0.2) is 12.1 Å². The van der Waals surface area contributed by atoms with Crippen molar-refractivity contribution in [3.8, 4) is 0 Å². The Kier molecular flexibility index (Phi) is 6.68. The summed E-state index contributed by atoms with van der Waals surface area (Å²) in [6.07, 6.45) is 0. The van der Waals surface area contributed by atoms with Crippen LogP contribution in [0.25, 0.3) is 0 Å². The second-order valence-corrected chi connectivity index (χ2v) is 7.53. The van der Waals surface area contributed by atoms with E-state index < -0.39 is 18.5 Å². The molecule has 0 atom stereocenters. The van der Waals surface area contributed by atoms with Crippen molar-refractivity contribution in [3.63, 3.8) is 0 Å². The number of rotatable bonds is 6. The highest BCUT2D eigenvalue weighted by Gasteiger charge is 2.17. The summed E-state index contributed by atoms with van der Waals surface area (Å²) in [4.78, 5) is 40.4. The quantitative estimate of drug-likeness (QED) is 0.740. The number of aromatic nitrogens is 1. The predicted molar refractivity (Wildman–Crippen MR) is 104 cm³/mol. The van der Waals surface area contributed by atoms with Crippen molar-refractivity contribution in [2.24, 2.45) is 0 Å². The minimum absolute atomic E-state index is 0.207. The molecular formula is C19H23N3O4S. The highest BCUT2D eigenvalue weighted by Crippen LogP contribution is 2.21. The van der Waals surface area contributed by atoms with Crippen LogP contribution in [-0.4, -0.2) is 35.9 Å². The summed E-state index contributed by atoms with van der Waals surface area (Å²) in [5.74, 6) is -1.49. The van der Waals surface area contributed by atoms with E-state index in [9.17, 15) is 14.4 Å². The van der Waals surface area contributed by atoms with Gasteiger partial charge in [-0.1, -0.05) is 17.7 Å². The molecule has 8 heteroatoms. The van der Waals surface area contributed by atoms with E-state index in [1.54, 1.807) is 13.8 Å². The van der Waals surface area contributed by atoms with E-state index >= 15 is 0 Å². The summed E-state index contributed by atoms with van der Waals surface area (Å²) >= 11 is 1.22. The Bertz CT molecular complexity index is 866. The molecule has 1 aromatic carbocycles. The zero-order valence-corrected chi connectivity index (χ0v) is 16.9. The Morgan fingerprint density at radius 2 is 1.67 bits per heavy atom. The number of carbonyl (C=O) groups is 3. The average molecular weight is 389 g/mol. The molecule has 0 aliphatic heterocycles. The van der Waals surface area contributed by atoms with E-state index in [2.05, 4.69) is 15.6 Å². The molecule has 0 spiro atoms. The molecule has 1 aromatic heterocycles. The summed E-state index contributed by atoms with van der Waals surface area (Å²) < 4.78 is 4.97. The van der Waals surface area contributed by atoms with Crippen molar-refractivity contribution in [1.82, 2.24) is 10.3 Å². The number of hydrogen-bond donors (Lipinski definition) is 2. The van der Waals surface area contributed by atoms with Crippen molar-refractivity contribution in [3.05, 3.63) is 44.4 Å². The molecule has 144 valence electrons. The molecule has 0 saturated heterocycles. The third-order valence-corrected chi connectivity index (χ3v) is 4.86. The number of esters is 1. The summed E-state index contributed by atoms with van der Waals surface area (Å²) in [5.41, 5.74) is 4.34. The number of ether oxygens (including phenoxy) is 1. The molecule has 7 nitrogen and oxygen atoms in total. The molecule has 2 N–H and O–H groups in total. The van der Waals surface area contributed by atoms with Crippen LogP contribution in [0.2, 0.25) is 0 Å². The second kappa shape index (κ2) is 8.77. The lowest BCUT2D eigenvalue weighted by atomic mass is 10.1. The minimum atomic E-state index is -0.594. The van der Waals surface area contributed by atoms with Gasteiger partial charge in [0, 0.05) is 5.69 Å². The molecule has 0 aliphatic rings. The van der Waals surface area contributed by atoms with Gasteiger partial charge in [0.05, 0.1) is 17.2 Å². The summed E-state index contributed by atoms with van der Waals surface area (Å²) in [6, 6.07) is 3.95. The zero-order chi connectivity index (χ0) is 20.1. The normalized spacial score (nSPS) is 10.4. The van der Waals surface area contributed by atoms with Crippen LogP contribution in [0.4, 0.5) is 5.69 Å². The maximum Gasteiger partial charge on any atom is 0.350 e. The number of amides is 2. The van der Waals surface area contributed by atoms with Gasteiger partial charge in [0.15, 0.2) is 6.61 Å². The van der Waals surface area contributed by atoms with E-state index in [1.165, 1.54) is 11.3 Å². The fraction of sp³-hybridized carbons (Fsp3) is 0.368. The first kappa shape index (κ1) is 20.6. The number of thiazole rings is 1. The average Bonchev–Trinajstić information content (AvgIpc) is 2.92. The van der Waals surface area contributed by atoms with Crippen molar-refractivity contribution in [2.75, 3.05) is 18.5 Å². The monoisotopic (exact) mass is 389 g/mol. The molecule has 1 heterocycles. The van der Waals surface area contributed by atoms with Crippen LogP contribution in [-0.2, 0) is 14.3 Å². The van der Waals surface area contributed by atoms with Crippen LogP contribution in [0.3, 0.4) is 0 Å². The van der Waals surface area contributed by atoms with Crippen LogP contribution in [0.1, 0.15) is 37.1 Å². The zero-order valence-electron chi connectivity index (χ0n) is 16.1. The Hall–Kier alpha value is -2.74. The third-order valence-electron chi connectivity index (χ3n) is 3.81. The topological polar surface area (TPSA) is 97.4 Å². The van der Waals surface area contributed by atoms with Crippen LogP contribution in [0.5, 0.6) is 0 Å². The van der Waals surface area contributed by atoms with Crippen LogP contribution in [0, 0.1) is 34.6 Å². The van der Waals surface area contributed by atoms with Crippen molar-refractivity contribution in [1.29, 1.82) is 0 Å². The van der Waals surface area contributed by atoms with Gasteiger partial charge in [-0.15, -0.1) is 11.3 Å². The Morgan fingerprint density at radius 1 is 1.04 bits per heavy atom. The Balaban J connectivity index is 1.81. The number of hydrogen-bond acceptors (Lipinski definition) is 6. The fourth-order valence-electron chi connectivity index (χ4n) is 2.71. The molecule has 2 rings (SSSR count). The van der Waals surface area contributed by atoms with Gasteiger partial charge in [0.25, 0.3) is 5.91 Å². The third kappa shape index (κ3) is 5.62. The first-order chi connectivity index (χ1) is 12.7. The first-order valence-corrected chi connectivity index (χ1v) is 9.24. The van der Waals surface area contributed by atoms with E-state index in [0.29, 0.717) is 10.6 Å². The van der Waals surface area contributed by atoms with Gasteiger partial charge in [-0.2, -0.15) is 0 Å². The maximum atomic E-state index is 12.1. The van der Waals surface area contributed by atoms with Gasteiger partial charge in [-0.05, 0) is 45.7 Å². The van der Waals surface area contributed by atoms with Gasteiger partial charge in [0.1, 0.15) is 4.88 Å². The highest BCUT2D eigenvalue weighted by molar-refractivity contribution is 7.13. The fourth-order valence-corrected chi connectivity index (χ4v) is 3.52. The second-order valence-electron chi connectivity index (χ2n) is 6.32. The van der Waals surface area contributed by atoms with E-state index in [-0.39, 0.29) is 12.5 Å². The minimum Gasteiger partial charge on any atom is -0.451 e. The number of aryl methyl sites for hydroxylation is 5. The van der Waals surface area contributed by atoms with Gasteiger partial charge in [-0.25, -0.2) is 9.78 Å². The molecular weight excluding hydrogens is 366 g/mol. The number of nitrogens with zero attached hydrogens (tertiary/aromatic N) is 1. The maximum absolute atomic E-state index is 12.1. The predicted octanol–water partition coefficient (Wildman–Crippen LogP) is 2.60. The van der Waals surface area contributed by atoms with Crippen molar-refractivity contribution in [2.45, 2.75) is 34.6 Å². The lowest BCUT2D eigenvalue weighted by Crippen LogP contribution is -2.35. The smallest absolute Gasteiger partial charge is 0.350 e. The van der Waals surface area contributed by atoms with Crippen LogP contribution < -0.4 is 10.6 Å². The van der Waals surface area contributed by atoms with Gasteiger partial charge in [0.2, 0.25) is 5.91 Å².